The minimum absolute atomic E-state index is 0.219. The number of hydrogen-bond acceptors (Lipinski definition) is 3. The summed E-state index contributed by atoms with van der Waals surface area (Å²) in [6.45, 7) is 9.51. The van der Waals surface area contributed by atoms with Crippen LogP contribution in [0.25, 0.3) is 0 Å². The first-order valence-electron chi connectivity index (χ1n) is 6.60. The van der Waals surface area contributed by atoms with Crippen LogP contribution in [0, 0.1) is 11.8 Å². The molecule has 1 aliphatic heterocycles. The average molecular weight is 228 g/mol. The van der Waals surface area contributed by atoms with Crippen LogP contribution in [0.5, 0.6) is 0 Å². The number of likely N-dealkylation sites (tertiary alicyclic amines) is 1. The molecule has 3 unspecified atom stereocenters. The molecule has 0 bridgehead atoms. The second kappa shape index (κ2) is 6.58. The van der Waals surface area contributed by atoms with E-state index >= 15 is 0 Å². The van der Waals surface area contributed by atoms with Crippen molar-refractivity contribution in [2.45, 2.75) is 45.8 Å². The molecule has 0 radical (unpaired) electrons. The van der Waals surface area contributed by atoms with E-state index in [4.69, 9.17) is 0 Å². The smallest absolute Gasteiger partial charge is 0.0687 e. The van der Waals surface area contributed by atoms with Crippen LogP contribution < -0.4 is 5.32 Å². The van der Waals surface area contributed by atoms with E-state index in [2.05, 4.69) is 38.0 Å². The van der Waals surface area contributed by atoms with Gasteiger partial charge in [-0.2, -0.15) is 0 Å². The summed E-state index contributed by atoms with van der Waals surface area (Å²) in [6, 6.07) is 0.510. The van der Waals surface area contributed by atoms with Crippen LogP contribution in [-0.4, -0.2) is 48.8 Å². The van der Waals surface area contributed by atoms with Gasteiger partial charge in [-0.15, -0.1) is 0 Å². The molecular formula is C13H28N2O. The minimum atomic E-state index is -0.219. The number of aliphatic hydroxyl groups is 1. The molecule has 16 heavy (non-hydrogen) atoms. The first-order chi connectivity index (χ1) is 7.50. The van der Waals surface area contributed by atoms with Crippen molar-refractivity contribution in [3.05, 3.63) is 0 Å². The SMILES string of the molecule is CC(C)C(O)CNC(C)C1CCCN(C)C1. The van der Waals surface area contributed by atoms with Crippen LogP contribution in [-0.2, 0) is 0 Å². The standard InChI is InChI=1S/C13H28N2O/c1-10(2)13(16)8-14-11(3)12-6-5-7-15(4)9-12/h10-14,16H,5-9H2,1-4H3. The summed E-state index contributed by atoms with van der Waals surface area (Å²) in [5.41, 5.74) is 0. The molecule has 2 N–H and O–H groups in total. The Morgan fingerprint density at radius 3 is 2.62 bits per heavy atom. The van der Waals surface area contributed by atoms with Gasteiger partial charge in [0.1, 0.15) is 0 Å². The average Bonchev–Trinajstić information content (AvgIpc) is 2.25. The number of nitrogens with one attached hydrogen (secondary N) is 1. The van der Waals surface area contributed by atoms with E-state index in [0.29, 0.717) is 12.0 Å². The quantitative estimate of drug-likeness (QED) is 0.745. The molecule has 0 aliphatic carbocycles. The Morgan fingerprint density at radius 2 is 2.06 bits per heavy atom. The Bertz CT molecular complexity index is 196. The van der Waals surface area contributed by atoms with Gasteiger partial charge in [-0.1, -0.05) is 13.8 Å². The lowest BCUT2D eigenvalue weighted by Gasteiger charge is -2.34. The fraction of sp³-hybridized carbons (Fsp3) is 1.00. The van der Waals surface area contributed by atoms with Crippen molar-refractivity contribution < 1.29 is 5.11 Å². The Morgan fingerprint density at radius 1 is 1.38 bits per heavy atom. The van der Waals surface area contributed by atoms with Crippen molar-refractivity contribution in [2.75, 3.05) is 26.7 Å². The lowest BCUT2D eigenvalue weighted by atomic mass is 9.91. The Hall–Kier alpha value is -0.120. The summed E-state index contributed by atoms with van der Waals surface area (Å²) in [5, 5.41) is 13.2. The molecular weight excluding hydrogens is 200 g/mol. The number of aliphatic hydroxyl groups excluding tert-OH is 1. The van der Waals surface area contributed by atoms with Gasteiger partial charge in [0.15, 0.2) is 0 Å². The van der Waals surface area contributed by atoms with E-state index in [1.807, 2.05) is 0 Å². The van der Waals surface area contributed by atoms with Gasteiger partial charge in [-0.25, -0.2) is 0 Å². The summed E-state index contributed by atoms with van der Waals surface area (Å²) in [7, 11) is 2.20. The normalized spacial score (nSPS) is 27.0. The third-order valence-electron chi connectivity index (χ3n) is 3.79. The van der Waals surface area contributed by atoms with E-state index < -0.39 is 0 Å². The van der Waals surface area contributed by atoms with E-state index in [1.165, 1.54) is 25.9 Å². The van der Waals surface area contributed by atoms with Gasteiger partial charge in [0.05, 0.1) is 6.10 Å². The Balaban J connectivity index is 2.26. The Labute approximate surface area is 100 Å². The molecule has 96 valence electrons. The second-order valence-corrected chi connectivity index (χ2v) is 5.67. The lowest BCUT2D eigenvalue weighted by Crippen LogP contribution is -2.45. The van der Waals surface area contributed by atoms with E-state index in [9.17, 15) is 5.11 Å². The van der Waals surface area contributed by atoms with Crippen LogP contribution in [0.4, 0.5) is 0 Å². The topological polar surface area (TPSA) is 35.5 Å². The second-order valence-electron chi connectivity index (χ2n) is 5.67. The van der Waals surface area contributed by atoms with E-state index in [-0.39, 0.29) is 6.10 Å². The fourth-order valence-electron chi connectivity index (χ4n) is 2.32. The highest BCUT2D eigenvalue weighted by Crippen LogP contribution is 2.18. The highest BCUT2D eigenvalue weighted by atomic mass is 16.3. The molecule has 3 heteroatoms. The molecule has 3 nitrogen and oxygen atoms in total. The van der Waals surface area contributed by atoms with E-state index in [0.717, 1.165) is 12.5 Å². The number of rotatable bonds is 5. The molecule has 1 aliphatic rings. The molecule has 0 amide bonds. The summed E-state index contributed by atoms with van der Waals surface area (Å²) >= 11 is 0. The minimum Gasteiger partial charge on any atom is -0.392 e. The number of hydrogen-bond donors (Lipinski definition) is 2. The van der Waals surface area contributed by atoms with Gasteiger partial charge in [-0.3, -0.25) is 0 Å². The molecule has 0 aromatic rings. The van der Waals surface area contributed by atoms with Crippen molar-refractivity contribution in [1.82, 2.24) is 10.2 Å². The fourth-order valence-corrected chi connectivity index (χ4v) is 2.32. The zero-order valence-electron chi connectivity index (χ0n) is 11.2. The third-order valence-corrected chi connectivity index (χ3v) is 3.79. The highest BCUT2D eigenvalue weighted by Gasteiger charge is 2.23. The maximum absolute atomic E-state index is 9.75. The predicted molar refractivity (Wildman–Crippen MR) is 68.5 cm³/mol. The molecule has 1 heterocycles. The lowest BCUT2D eigenvalue weighted by molar-refractivity contribution is 0.110. The third kappa shape index (κ3) is 4.40. The zero-order chi connectivity index (χ0) is 12.1. The van der Waals surface area contributed by atoms with Gasteiger partial charge in [0, 0.05) is 19.1 Å². The predicted octanol–water partition coefficient (Wildman–Crippen LogP) is 1.32. The molecule has 0 aromatic heterocycles. The first-order valence-corrected chi connectivity index (χ1v) is 6.60. The van der Waals surface area contributed by atoms with Gasteiger partial charge in [0.2, 0.25) is 0 Å². The largest absolute Gasteiger partial charge is 0.392 e. The van der Waals surface area contributed by atoms with Crippen molar-refractivity contribution in [1.29, 1.82) is 0 Å². The van der Waals surface area contributed by atoms with Crippen molar-refractivity contribution in [2.24, 2.45) is 11.8 Å². The van der Waals surface area contributed by atoms with Gasteiger partial charge < -0.3 is 15.3 Å². The monoisotopic (exact) mass is 228 g/mol. The van der Waals surface area contributed by atoms with E-state index in [1.54, 1.807) is 0 Å². The summed E-state index contributed by atoms with van der Waals surface area (Å²) < 4.78 is 0. The molecule has 0 aromatic carbocycles. The summed E-state index contributed by atoms with van der Waals surface area (Å²) in [5.74, 6) is 1.08. The van der Waals surface area contributed by atoms with Crippen LogP contribution in [0.3, 0.4) is 0 Å². The maximum Gasteiger partial charge on any atom is 0.0687 e. The zero-order valence-corrected chi connectivity index (χ0v) is 11.2. The molecule has 0 saturated carbocycles. The van der Waals surface area contributed by atoms with Crippen LogP contribution in [0.15, 0.2) is 0 Å². The Kier molecular flexibility index (Phi) is 5.73. The number of piperidine rings is 1. The summed E-state index contributed by atoms with van der Waals surface area (Å²) in [4.78, 5) is 2.41. The van der Waals surface area contributed by atoms with Gasteiger partial charge in [0.25, 0.3) is 0 Å². The molecule has 1 saturated heterocycles. The molecule has 1 fully saturated rings. The highest BCUT2D eigenvalue weighted by molar-refractivity contribution is 4.80. The first kappa shape index (κ1) is 13.9. The maximum atomic E-state index is 9.75. The number of nitrogens with zero attached hydrogens (tertiary/aromatic N) is 1. The van der Waals surface area contributed by atoms with Crippen molar-refractivity contribution in [3.8, 4) is 0 Å². The van der Waals surface area contributed by atoms with Crippen molar-refractivity contribution >= 4 is 0 Å². The van der Waals surface area contributed by atoms with Crippen LogP contribution >= 0.6 is 0 Å². The van der Waals surface area contributed by atoms with Crippen molar-refractivity contribution in [3.63, 3.8) is 0 Å². The molecule has 0 spiro atoms. The molecule has 3 atom stereocenters. The van der Waals surface area contributed by atoms with Gasteiger partial charge in [-0.05, 0) is 45.2 Å². The van der Waals surface area contributed by atoms with Gasteiger partial charge >= 0.3 is 0 Å². The van der Waals surface area contributed by atoms with Crippen LogP contribution in [0.2, 0.25) is 0 Å². The molecule has 1 rings (SSSR count). The van der Waals surface area contributed by atoms with Crippen LogP contribution in [0.1, 0.15) is 33.6 Å². The summed E-state index contributed by atoms with van der Waals surface area (Å²) in [6.07, 6.45) is 2.40.